The minimum Gasteiger partial charge on any atom is -0.457 e. The summed E-state index contributed by atoms with van der Waals surface area (Å²) in [5.41, 5.74) is 6.70. The molecule has 0 unspecified atom stereocenters. The Morgan fingerprint density at radius 3 is 2.45 bits per heavy atom. The number of carbonyl (C=O) groups is 1. The molecule has 0 aliphatic heterocycles. The number of carbonyl (C=O) groups excluding carboxylic acids is 1. The van der Waals surface area contributed by atoms with Crippen molar-refractivity contribution in [3.8, 4) is 0 Å². The Bertz CT molecular complexity index is 621. The number of esters is 1. The van der Waals surface area contributed by atoms with E-state index in [0.29, 0.717) is 5.56 Å². The van der Waals surface area contributed by atoms with E-state index >= 15 is 0 Å². The van der Waals surface area contributed by atoms with Crippen LogP contribution in [0.4, 0.5) is 10.1 Å². The van der Waals surface area contributed by atoms with Crippen molar-refractivity contribution in [2.24, 2.45) is 0 Å². The third-order valence-electron chi connectivity index (χ3n) is 2.58. The molecule has 0 amide bonds. The van der Waals surface area contributed by atoms with Crippen LogP contribution in [0.5, 0.6) is 0 Å². The van der Waals surface area contributed by atoms with Gasteiger partial charge in [0.25, 0.3) is 0 Å². The topological polar surface area (TPSA) is 52.3 Å². The molecule has 0 fully saturated rings. The second kappa shape index (κ2) is 6.11. The average molecular weight is 314 g/mol. The first-order valence-corrected chi connectivity index (χ1v) is 6.39. The van der Waals surface area contributed by atoms with Gasteiger partial charge in [0.15, 0.2) is 0 Å². The molecule has 0 aliphatic rings. The molecule has 2 aromatic rings. The van der Waals surface area contributed by atoms with Gasteiger partial charge in [0, 0.05) is 0 Å². The van der Waals surface area contributed by atoms with Crippen LogP contribution >= 0.6 is 23.2 Å². The van der Waals surface area contributed by atoms with Crippen LogP contribution in [0.25, 0.3) is 0 Å². The molecule has 20 heavy (non-hydrogen) atoms. The van der Waals surface area contributed by atoms with Gasteiger partial charge in [-0.1, -0.05) is 35.3 Å². The molecule has 2 rings (SSSR count). The van der Waals surface area contributed by atoms with E-state index in [9.17, 15) is 9.18 Å². The summed E-state index contributed by atoms with van der Waals surface area (Å²) in [6.07, 6.45) is 0. The normalized spacial score (nSPS) is 10.3. The summed E-state index contributed by atoms with van der Waals surface area (Å²) >= 11 is 11.6. The van der Waals surface area contributed by atoms with E-state index in [0.717, 1.165) is 0 Å². The predicted octanol–water partition coefficient (Wildman–Crippen LogP) is 4.07. The Morgan fingerprint density at radius 2 is 1.85 bits per heavy atom. The van der Waals surface area contributed by atoms with Crippen LogP contribution in [0.2, 0.25) is 10.0 Å². The summed E-state index contributed by atoms with van der Waals surface area (Å²) in [6, 6.07) is 8.42. The molecule has 0 saturated carbocycles. The first-order chi connectivity index (χ1) is 9.47. The van der Waals surface area contributed by atoms with E-state index in [1.54, 1.807) is 0 Å². The molecule has 2 N–H and O–H groups in total. The van der Waals surface area contributed by atoms with Gasteiger partial charge in [-0.25, -0.2) is 9.18 Å². The molecule has 0 aliphatic carbocycles. The lowest BCUT2D eigenvalue weighted by atomic mass is 10.2. The lowest BCUT2D eigenvalue weighted by Gasteiger charge is -2.07. The molecule has 0 aromatic heterocycles. The molecule has 2 aromatic carbocycles. The van der Waals surface area contributed by atoms with Crippen molar-refractivity contribution in [3.63, 3.8) is 0 Å². The van der Waals surface area contributed by atoms with E-state index in [1.165, 1.54) is 36.4 Å². The smallest absolute Gasteiger partial charge is 0.338 e. The van der Waals surface area contributed by atoms with Crippen LogP contribution in [0.3, 0.4) is 0 Å². The minimum atomic E-state index is -0.584. The molecule has 0 saturated heterocycles. The van der Waals surface area contributed by atoms with E-state index in [1.807, 2.05) is 0 Å². The first kappa shape index (κ1) is 14.6. The molecular weight excluding hydrogens is 304 g/mol. The molecule has 0 atom stereocenters. The van der Waals surface area contributed by atoms with Crippen LogP contribution < -0.4 is 5.73 Å². The maximum Gasteiger partial charge on any atom is 0.338 e. The lowest BCUT2D eigenvalue weighted by Crippen LogP contribution is -2.06. The van der Waals surface area contributed by atoms with Crippen molar-refractivity contribution < 1.29 is 13.9 Å². The summed E-state index contributed by atoms with van der Waals surface area (Å²) in [7, 11) is 0. The van der Waals surface area contributed by atoms with Gasteiger partial charge >= 0.3 is 5.97 Å². The van der Waals surface area contributed by atoms with Gasteiger partial charge in [-0.05, 0) is 29.8 Å². The SMILES string of the molecule is Nc1cc(C(=O)OCc2ccc(F)cc2)cc(Cl)c1Cl. The number of nitrogen functional groups attached to an aromatic ring is 1. The maximum atomic E-state index is 12.7. The Morgan fingerprint density at radius 1 is 1.20 bits per heavy atom. The van der Waals surface area contributed by atoms with Gasteiger partial charge in [0.1, 0.15) is 12.4 Å². The summed E-state index contributed by atoms with van der Waals surface area (Å²) in [4.78, 5) is 11.8. The molecule has 3 nitrogen and oxygen atoms in total. The van der Waals surface area contributed by atoms with Crippen LogP contribution in [-0.4, -0.2) is 5.97 Å². The first-order valence-electron chi connectivity index (χ1n) is 5.63. The summed E-state index contributed by atoms with van der Waals surface area (Å²) in [5, 5.41) is 0.377. The van der Waals surface area contributed by atoms with Crippen molar-refractivity contribution in [1.29, 1.82) is 0 Å². The number of ether oxygens (including phenoxy) is 1. The third-order valence-corrected chi connectivity index (χ3v) is 3.39. The van der Waals surface area contributed by atoms with E-state index in [4.69, 9.17) is 33.7 Å². The van der Waals surface area contributed by atoms with Gasteiger partial charge in [0.2, 0.25) is 0 Å². The molecule has 0 spiro atoms. The van der Waals surface area contributed by atoms with Crippen molar-refractivity contribution in [3.05, 3.63) is 63.4 Å². The van der Waals surface area contributed by atoms with E-state index in [2.05, 4.69) is 0 Å². The maximum absolute atomic E-state index is 12.7. The number of hydrogen-bond donors (Lipinski definition) is 1. The number of halogens is 3. The summed E-state index contributed by atoms with van der Waals surface area (Å²) in [6.45, 7) is 0.0270. The zero-order chi connectivity index (χ0) is 14.7. The van der Waals surface area contributed by atoms with Gasteiger partial charge in [-0.3, -0.25) is 0 Å². The Balaban J connectivity index is 2.07. The molecule has 0 bridgehead atoms. The number of rotatable bonds is 3. The van der Waals surface area contributed by atoms with Crippen molar-refractivity contribution in [2.75, 3.05) is 5.73 Å². The minimum absolute atomic E-state index is 0.0270. The zero-order valence-corrected chi connectivity index (χ0v) is 11.7. The highest BCUT2D eigenvalue weighted by Gasteiger charge is 2.12. The second-order valence-electron chi connectivity index (χ2n) is 4.06. The van der Waals surface area contributed by atoms with Crippen molar-refractivity contribution >= 4 is 34.9 Å². The van der Waals surface area contributed by atoms with Crippen LogP contribution in [0, 0.1) is 5.82 Å². The third kappa shape index (κ3) is 3.40. The second-order valence-corrected chi connectivity index (χ2v) is 4.85. The van der Waals surface area contributed by atoms with Crippen LogP contribution in [0.15, 0.2) is 36.4 Å². The van der Waals surface area contributed by atoms with E-state index in [-0.39, 0.29) is 33.7 Å². The molecular formula is C14H10Cl2FNO2. The Kier molecular flexibility index (Phi) is 4.47. The fourth-order valence-corrected chi connectivity index (χ4v) is 1.88. The Labute approximate surface area is 125 Å². The fraction of sp³-hybridized carbons (Fsp3) is 0.0714. The zero-order valence-electron chi connectivity index (χ0n) is 10.2. The van der Waals surface area contributed by atoms with Gasteiger partial charge in [0.05, 0.1) is 21.3 Å². The fourth-order valence-electron chi connectivity index (χ4n) is 1.54. The summed E-state index contributed by atoms with van der Waals surface area (Å²) < 4.78 is 17.8. The summed E-state index contributed by atoms with van der Waals surface area (Å²) in [5.74, 6) is -0.933. The highest BCUT2D eigenvalue weighted by atomic mass is 35.5. The van der Waals surface area contributed by atoms with Crippen LogP contribution in [0.1, 0.15) is 15.9 Å². The molecule has 6 heteroatoms. The van der Waals surface area contributed by atoms with Gasteiger partial charge in [-0.2, -0.15) is 0 Å². The number of anilines is 1. The highest BCUT2D eigenvalue weighted by Crippen LogP contribution is 2.29. The van der Waals surface area contributed by atoms with Gasteiger partial charge < -0.3 is 10.5 Å². The average Bonchev–Trinajstić information content (AvgIpc) is 2.43. The number of hydrogen-bond acceptors (Lipinski definition) is 3. The largest absolute Gasteiger partial charge is 0.457 e. The molecule has 0 heterocycles. The van der Waals surface area contributed by atoms with Gasteiger partial charge in [-0.15, -0.1) is 0 Å². The van der Waals surface area contributed by atoms with Crippen molar-refractivity contribution in [2.45, 2.75) is 6.61 Å². The van der Waals surface area contributed by atoms with Crippen LogP contribution in [-0.2, 0) is 11.3 Å². The lowest BCUT2D eigenvalue weighted by molar-refractivity contribution is 0.0473. The van der Waals surface area contributed by atoms with Crippen molar-refractivity contribution in [1.82, 2.24) is 0 Å². The molecule has 104 valence electrons. The standard InChI is InChI=1S/C14H10Cl2FNO2/c15-11-5-9(6-12(18)13(11)16)14(19)20-7-8-1-3-10(17)4-2-8/h1-6H,7,18H2. The monoisotopic (exact) mass is 313 g/mol. The quantitative estimate of drug-likeness (QED) is 0.686. The Hall–Kier alpha value is -1.78. The molecule has 0 radical (unpaired) electrons. The number of benzene rings is 2. The predicted molar refractivity (Wildman–Crippen MR) is 76.4 cm³/mol. The van der Waals surface area contributed by atoms with E-state index < -0.39 is 5.97 Å². The highest BCUT2D eigenvalue weighted by molar-refractivity contribution is 6.43. The number of nitrogens with two attached hydrogens (primary N) is 1.